The van der Waals surface area contributed by atoms with Gasteiger partial charge < -0.3 is 19.5 Å². The molecule has 1 N–H and O–H groups in total. The number of ether oxygens (including phenoxy) is 3. The Labute approximate surface area is 182 Å². The number of amides is 1. The van der Waals surface area contributed by atoms with Gasteiger partial charge in [-0.3, -0.25) is 4.79 Å². The van der Waals surface area contributed by atoms with Gasteiger partial charge in [0.05, 0.1) is 24.3 Å². The summed E-state index contributed by atoms with van der Waals surface area (Å²) in [7, 11) is 0. The fourth-order valence-electron chi connectivity index (χ4n) is 2.83. The van der Waals surface area contributed by atoms with Crippen LogP contribution in [0.15, 0.2) is 42.5 Å². The molecule has 2 rings (SSSR count). The molecule has 0 atom stereocenters. The summed E-state index contributed by atoms with van der Waals surface area (Å²) in [4.78, 5) is 36.5. The lowest BCUT2D eigenvalue weighted by atomic mass is 10.1. The van der Waals surface area contributed by atoms with Crippen molar-refractivity contribution in [1.29, 1.82) is 0 Å². The van der Waals surface area contributed by atoms with Gasteiger partial charge in [0.2, 0.25) is 0 Å². The van der Waals surface area contributed by atoms with Crippen LogP contribution in [-0.2, 0) is 20.7 Å². The van der Waals surface area contributed by atoms with E-state index < -0.39 is 11.9 Å². The van der Waals surface area contributed by atoms with Gasteiger partial charge in [-0.1, -0.05) is 25.5 Å². The Morgan fingerprint density at radius 1 is 0.839 bits per heavy atom. The van der Waals surface area contributed by atoms with Crippen LogP contribution in [0, 0.1) is 0 Å². The van der Waals surface area contributed by atoms with Crippen molar-refractivity contribution in [2.75, 3.05) is 25.1 Å². The predicted octanol–water partition coefficient (Wildman–Crippen LogP) is 4.40. The van der Waals surface area contributed by atoms with Gasteiger partial charge >= 0.3 is 11.9 Å². The summed E-state index contributed by atoms with van der Waals surface area (Å²) in [6, 6.07) is 11.9. The maximum Gasteiger partial charge on any atom is 0.338 e. The first kappa shape index (κ1) is 23.9. The van der Waals surface area contributed by atoms with Crippen molar-refractivity contribution in [3.63, 3.8) is 0 Å². The van der Waals surface area contributed by atoms with E-state index in [2.05, 4.69) is 12.2 Å². The van der Waals surface area contributed by atoms with Crippen LogP contribution >= 0.6 is 0 Å². The van der Waals surface area contributed by atoms with E-state index in [4.69, 9.17) is 14.2 Å². The van der Waals surface area contributed by atoms with E-state index in [1.54, 1.807) is 13.8 Å². The van der Waals surface area contributed by atoms with Gasteiger partial charge in [0.1, 0.15) is 5.75 Å². The molecule has 31 heavy (non-hydrogen) atoms. The molecule has 0 unspecified atom stereocenters. The van der Waals surface area contributed by atoms with E-state index >= 15 is 0 Å². The number of anilines is 1. The lowest BCUT2D eigenvalue weighted by molar-refractivity contribution is -0.118. The van der Waals surface area contributed by atoms with Gasteiger partial charge in [-0.15, -0.1) is 0 Å². The second-order valence-electron chi connectivity index (χ2n) is 6.82. The third-order valence-electron chi connectivity index (χ3n) is 4.36. The summed E-state index contributed by atoms with van der Waals surface area (Å²) in [6.07, 6.45) is 3.26. The van der Waals surface area contributed by atoms with E-state index in [1.165, 1.54) is 23.8 Å². The second kappa shape index (κ2) is 12.4. The van der Waals surface area contributed by atoms with Crippen LogP contribution in [0.25, 0.3) is 0 Å². The van der Waals surface area contributed by atoms with E-state index in [0.717, 1.165) is 19.3 Å². The number of rotatable bonds is 11. The summed E-state index contributed by atoms with van der Waals surface area (Å²) >= 11 is 0. The third kappa shape index (κ3) is 7.77. The Morgan fingerprint density at radius 2 is 1.42 bits per heavy atom. The minimum absolute atomic E-state index is 0.144. The van der Waals surface area contributed by atoms with Gasteiger partial charge in [-0.05, 0) is 62.6 Å². The SMILES string of the molecule is CCCCc1ccc(NC(=O)COc2cc(C(=O)OCC)cc(C(=O)OCC)c2)cc1. The molecular weight excluding hydrogens is 398 g/mol. The second-order valence-corrected chi connectivity index (χ2v) is 6.82. The quantitative estimate of drug-likeness (QED) is 0.535. The summed E-state index contributed by atoms with van der Waals surface area (Å²) < 4.78 is 15.5. The van der Waals surface area contributed by atoms with Crippen LogP contribution in [0.1, 0.15) is 59.9 Å². The number of hydrogen-bond donors (Lipinski definition) is 1. The third-order valence-corrected chi connectivity index (χ3v) is 4.36. The molecule has 0 saturated carbocycles. The van der Waals surface area contributed by atoms with Crippen molar-refractivity contribution in [2.24, 2.45) is 0 Å². The molecule has 2 aromatic rings. The summed E-state index contributed by atoms with van der Waals surface area (Å²) in [5.41, 5.74) is 2.18. The number of nitrogens with one attached hydrogen (secondary N) is 1. The fraction of sp³-hybridized carbons (Fsp3) is 0.375. The normalized spacial score (nSPS) is 10.3. The van der Waals surface area contributed by atoms with Gasteiger partial charge in [-0.25, -0.2) is 9.59 Å². The summed E-state index contributed by atoms with van der Waals surface area (Å²) in [6.45, 7) is 5.62. The fourth-order valence-corrected chi connectivity index (χ4v) is 2.83. The van der Waals surface area contributed by atoms with E-state index in [1.807, 2.05) is 24.3 Å². The topological polar surface area (TPSA) is 90.9 Å². The van der Waals surface area contributed by atoms with Crippen molar-refractivity contribution in [3.05, 3.63) is 59.2 Å². The number of benzene rings is 2. The van der Waals surface area contributed by atoms with Crippen molar-refractivity contribution < 1.29 is 28.6 Å². The first-order chi connectivity index (χ1) is 15.0. The average molecular weight is 427 g/mol. The number of unbranched alkanes of at least 4 members (excludes halogenated alkanes) is 1. The Kier molecular flexibility index (Phi) is 9.55. The highest BCUT2D eigenvalue weighted by Gasteiger charge is 2.16. The number of hydrogen-bond acceptors (Lipinski definition) is 6. The predicted molar refractivity (Wildman–Crippen MR) is 118 cm³/mol. The Balaban J connectivity index is 2.04. The maximum absolute atomic E-state index is 12.3. The van der Waals surface area contributed by atoms with Crippen molar-refractivity contribution in [2.45, 2.75) is 40.0 Å². The smallest absolute Gasteiger partial charge is 0.338 e. The first-order valence-electron chi connectivity index (χ1n) is 10.5. The van der Waals surface area contributed by atoms with Crippen LogP contribution in [0.3, 0.4) is 0 Å². The molecule has 7 nitrogen and oxygen atoms in total. The molecule has 7 heteroatoms. The molecule has 0 aliphatic carbocycles. The Hall–Kier alpha value is -3.35. The summed E-state index contributed by atoms with van der Waals surface area (Å²) in [5, 5.41) is 2.76. The van der Waals surface area contributed by atoms with Gasteiger partial charge in [-0.2, -0.15) is 0 Å². The molecular formula is C24H29NO6. The van der Waals surface area contributed by atoms with Crippen molar-refractivity contribution >= 4 is 23.5 Å². The molecule has 0 heterocycles. The maximum atomic E-state index is 12.3. The van der Waals surface area contributed by atoms with E-state index in [9.17, 15) is 14.4 Å². The largest absolute Gasteiger partial charge is 0.484 e. The van der Waals surface area contributed by atoms with Gasteiger partial charge in [0, 0.05) is 5.69 Å². The highest BCUT2D eigenvalue weighted by molar-refractivity contribution is 5.96. The van der Waals surface area contributed by atoms with Crippen LogP contribution < -0.4 is 10.1 Å². The van der Waals surface area contributed by atoms with Gasteiger partial charge in [0.25, 0.3) is 5.91 Å². The first-order valence-corrected chi connectivity index (χ1v) is 10.5. The molecule has 0 fully saturated rings. The Bertz CT molecular complexity index is 855. The minimum atomic E-state index is -0.592. The highest BCUT2D eigenvalue weighted by Crippen LogP contribution is 2.20. The molecule has 166 valence electrons. The van der Waals surface area contributed by atoms with Crippen LogP contribution in [-0.4, -0.2) is 37.7 Å². The van der Waals surface area contributed by atoms with E-state index in [0.29, 0.717) is 5.69 Å². The molecule has 0 spiro atoms. The van der Waals surface area contributed by atoms with Crippen LogP contribution in [0.5, 0.6) is 5.75 Å². The van der Waals surface area contributed by atoms with Crippen molar-refractivity contribution in [3.8, 4) is 5.75 Å². The number of carbonyl (C=O) groups excluding carboxylic acids is 3. The molecule has 0 aliphatic heterocycles. The van der Waals surface area contributed by atoms with Crippen LogP contribution in [0.2, 0.25) is 0 Å². The molecule has 0 bridgehead atoms. The molecule has 0 radical (unpaired) electrons. The molecule has 0 saturated heterocycles. The lowest BCUT2D eigenvalue weighted by Crippen LogP contribution is -2.20. The monoisotopic (exact) mass is 427 g/mol. The van der Waals surface area contributed by atoms with Gasteiger partial charge in [0.15, 0.2) is 6.61 Å². The Morgan fingerprint density at radius 3 is 1.94 bits per heavy atom. The van der Waals surface area contributed by atoms with Crippen molar-refractivity contribution in [1.82, 2.24) is 0 Å². The number of carbonyl (C=O) groups is 3. The zero-order chi connectivity index (χ0) is 22.6. The minimum Gasteiger partial charge on any atom is -0.484 e. The zero-order valence-corrected chi connectivity index (χ0v) is 18.2. The molecule has 1 amide bonds. The van der Waals surface area contributed by atoms with E-state index in [-0.39, 0.29) is 42.6 Å². The van der Waals surface area contributed by atoms with Crippen LogP contribution in [0.4, 0.5) is 5.69 Å². The molecule has 0 aliphatic rings. The highest BCUT2D eigenvalue weighted by atomic mass is 16.5. The number of esters is 2. The molecule has 0 aromatic heterocycles. The number of aryl methyl sites for hydroxylation is 1. The lowest BCUT2D eigenvalue weighted by Gasteiger charge is -2.11. The zero-order valence-electron chi connectivity index (χ0n) is 18.2. The summed E-state index contributed by atoms with van der Waals surface area (Å²) in [5.74, 6) is -1.35. The molecule has 2 aromatic carbocycles. The standard InChI is InChI=1S/C24H29NO6/c1-4-7-8-17-9-11-20(12-10-17)25-22(26)16-31-21-14-18(23(27)29-5-2)13-19(15-21)24(28)30-6-3/h9-15H,4-8,16H2,1-3H3,(H,25,26). The average Bonchev–Trinajstić information content (AvgIpc) is 2.77.